The molecule has 1 aromatic heterocycles. The van der Waals surface area contributed by atoms with Crippen molar-refractivity contribution in [1.82, 2.24) is 5.16 Å². The predicted octanol–water partition coefficient (Wildman–Crippen LogP) is 6.81. The maximum absolute atomic E-state index is 10.3. The number of ether oxygens (including phenoxy) is 1. The summed E-state index contributed by atoms with van der Waals surface area (Å²) >= 11 is 12.0. The van der Waals surface area contributed by atoms with E-state index in [1.54, 1.807) is 36.4 Å². The molecular weight excluding hydrogens is 385 g/mol. The highest BCUT2D eigenvalue weighted by Crippen LogP contribution is 2.38. The fourth-order valence-corrected chi connectivity index (χ4v) is 3.04. The lowest BCUT2D eigenvalue weighted by Crippen LogP contribution is -1.87. The summed E-state index contributed by atoms with van der Waals surface area (Å²) in [6.45, 7) is 0. The number of benzene rings is 3. The molecule has 3 aromatic carbocycles. The van der Waals surface area contributed by atoms with E-state index < -0.39 is 0 Å². The normalized spacial score (nSPS) is 10.7. The van der Waals surface area contributed by atoms with Crippen molar-refractivity contribution in [3.05, 3.63) is 82.8 Å². The number of phenolic OH excluding ortho intramolecular Hbond substituents is 1. The quantitative estimate of drug-likeness (QED) is 0.410. The van der Waals surface area contributed by atoms with Crippen LogP contribution in [0, 0.1) is 0 Å². The zero-order valence-corrected chi connectivity index (χ0v) is 15.4. The number of hydrogen-bond acceptors (Lipinski definition) is 4. The first kappa shape index (κ1) is 17.5. The number of aromatic nitrogens is 1. The van der Waals surface area contributed by atoms with Crippen LogP contribution in [0.3, 0.4) is 0 Å². The van der Waals surface area contributed by atoms with E-state index in [4.69, 9.17) is 32.5 Å². The number of aromatic hydroxyl groups is 1. The van der Waals surface area contributed by atoms with Crippen LogP contribution in [0.25, 0.3) is 22.6 Å². The first-order valence-electron chi connectivity index (χ1n) is 8.08. The molecule has 1 heterocycles. The Kier molecular flexibility index (Phi) is 4.75. The van der Waals surface area contributed by atoms with Crippen molar-refractivity contribution in [3.63, 3.8) is 0 Å². The van der Waals surface area contributed by atoms with Gasteiger partial charge < -0.3 is 14.4 Å². The van der Waals surface area contributed by atoms with Crippen LogP contribution in [-0.4, -0.2) is 10.3 Å². The summed E-state index contributed by atoms with van der Waals surface area (Å²) in [6.07, 6.45) is 0. The van der Waals surface area contributed by atoms with Crippen LogP contribution in [0.1, 0.15) is 0 Å². The van der Waals surface area contributed by atoms with Crippen molar-refractivity contribution in [2.45, 2.75) is 0 Å². The largest absolute Gasteiger partial charge is 0.504 e. The van der Waals surface area contributed by atoms with Gasteiger partial charge in [-0.05, 0) is 36.4 Å². The first-order valence-corrected chi connectivity index (χ1v) is 8.84. The third kappa shape index (κ3) is 3.77. The summed E-state index contributed by atoms with van der Waals surface area (Å²) in [5.41, 5.74) is 2.24. The summed E-state index contributed by atoms with van der Waals surface area (Å²) in [5.74, 6) is 1.29. The lowest BCUT2D eigenvalue weighted by molar-refractivity contribution is 0.411. The average Bonchev–Trinajstić information content (AvgIpc) is 3.16. The maximum Gasteiger partial charge on any atom is 0.169 e. The molecule has 0 aliphatic heterocycles. The molecule has 134 valence electrons. The number of rotatable bonds is 4. The molecule has 0 atom stereocenters. The fourth-order valence-electron chi connectivity index (χ4n) is 2.59. The molecule has 4 nitrogen and oxygen atoms in total. The Balaban J connectivity index is 1.59. The van der Waals surface area contributed by atoms with Crippen LogP contribution < -0.4 is 4.74 Å². The van der Waals surface area contributed by atoms with Crippen LogP contribution in [0.15, 0.2) is 77.3 Å². The van der Waals surface area contributed by atoms with Crippen LogP contribution in [-0.2, 0) is 0 Å². The Hall–Kier alpha value is -2.95. The monoisotopic (exact) mass is 397 g/mol. The maximum atomic E-state index is 10.3. The van der Waals surface area contributed by atoms with Crippen molar-refractivity contribution in [1.29, 1.82) is 0 Å². The van der Waals surface area contributed by atoms with Crippen molar-refractivity contribution >= 4 is 23.2 Å². The minimum atomic E-state index is -0.0391. The molecule has 0 saturated carbocycles. The predicted molar refractivity (Wildman–Crippen MR) is 106 cm³/mol. The number of phenols is 1. The molecule has 0 fully saturated rings. The molecule has 0 radical (unpaired) electrons. The van der Waals surface area contributed by atoms with Crippen LogP contribution in [0.5, 0.6) is 17.2 Å². The lowest BCUT2D eigenvalue weighted by atomic mass is 10.1. The summed E-state index contributed by atoms with van der Waals surface area (Å²) in [4.78, 5) is 0. The van der Waals surface area contributed by atoms with Crippen molar-refractivity contribution < 1.29 is 14.4 Å². The Morgan fingerprint density at radius 2 is 1.59 bits per heavy atom. The molecule has 0 aliphatic carbocycles. The van der Waals surface area contributed by atoms with E-state index in [0.29, 0.717) is 32.8 Å². The highest BCUT2D eigenvalue weighted by molar-refractivity contribution is 6.35. The van der Waals surface area contributed by atoms with Crippen LogP contribution >= 0.6 is 23.2 Å². The molecule has 4 aromatic rings. The molecule has 4 rings (SSSR count). The first-order chi connectivity index (χ1) is 13.1. The highest BCUT2D eigenvalue weighted by Gasteiger charge is 2.13. The van der Waals surface area contributed by atoms with Gasteiger partial charge in [0.15, 0.2) is 17.3 Å². The summed E-state index contributed by atoms with van der Waals surface area (Å²) in [7, 11) is 0. The van der Waals surface area contributed by atoms with Gasteiger partial charge in [0.25, 0.3) is 0 Å². The minimum Gasteiger partial charge on any atom is -0.504 e. The molecule has 0 aliphatic rings. The van der Waals surface area contributed by atoms with Gasteiger partial charge in [-0.3, -0.25) is 0 Å². The van der Waals surface area contributed by atoms with E-state index in [0.717, 1.165) is 5.56 Å². The second kappa shape index (κ2) is 7.35. The number of halogens is 2. The molecule has 0 spiro atoms. The summed E-state index contributed by atoms with van der Waals surface area (Å²) < 4.78 is 11.1. The molecule has 0 bridgehead atoms. The van der Waals surface area contributed by atoms with Crippen molar-refractivity contribution in [2.75, 3.05) is 0 Å². The third-order valence-corrected chi connectivity index (χ3v) is 4.47. The SMILES string of the molecule is Oc1cc(-c2cc(-c3ccccc3)on2)ccc1Oc1ccc(Cl)cc1Cl. The van der Waals surface area contributed by atoms with E-state index in [2.05, 4.69) is 5.16 Å². The van der Waals surface area contributed by atoms with Gasteiger partial charge in [0.1, 0.15) is 11.4 Å². The Labute approximate surface area is 165 Å². The van der Waals surface area contributed by atoms with Gasteiger partial charge in [-0.15, -0.1) is 0 Å². The Bertz CT molecular complexity index is 1090. The van der Waals surface area contributed by atoms with Gasteiger partial charge in [-0.1, -0.05) is 58.7 Å². The molecule has 1 N–H and O–H groups in total. The minimum absolute atomic E-state index is 0.0391. The molecular formula is C21H13Cl2NO3. The smallest absolute Gasteiger partial charge is 0.169 e. The number of hydrogen-bond donors (Lipinski definition) is 1. The third-order valence-electron chi connectivity index (χ3n) is 3.94. The van der Waals surface area contributed by atoms with Crippen molar-refractivity contribution in [3.8, 4) is 39.8 Å². The molecule has 27 heavy (non-hydrogen) atoms. The molecule has 6 heteroatoms. The van der Waals surface area contributed by atoms with E-state index in [9.17, 15) is 5.11 Å². The molecule has 0 amide bonds. The molecule has 0 unspecified atom stereocenters. The van der Waals surface area contributed by atoms with E-state index in [-0.39, 0.29) is 11.5 Å². The second-order valence-corrected chi connectivity index (χ2v) is 6.65. The van der Waals surface area contributed by atoms with Gasteiger partial charge in [0.05, 0.1) is 5.02 Å². The zero-order chi connectivity index (χ0) is 18.8. The van der Waals surface area contributed by atoms with Gasteiger partial charge in [0.2, 0.25) is 0 Å². The van der Waals surface area contributed by atoms with Crippen LogP contribution in [0.2, 0.25) is 10.0 Å². The van der Waals surface area contributed by atoms with E-state index >= 15 is 0 Å². The van der Waals surface area contributed by atoms with Gasteiger partial charge in [-0.25, -0.2) is 0 Å². The zero-order valence-electron chi connectivity index (χ0n) is 13.9. The summed E-state index contributed by atoms with van der Waals surface area (Å²) in [6, 6.07) is 21.4. The topological polar surface area (TPSA) is 55.5 Å². The second-order valence-electron chi connectivity index (χ2n) is 5.80. The van der Waals surface area contributed by atoms with Crippen molar-refractivity contribution in [2.24, 2.45) is 0 Å². The highest BCUT2D eigenvalue weighted by atomic mass is 35.5. The van der Waals surface area contributed by atoms with E-state index in [1.807, 2.05) is 36.4 Å². The van der Waals surface area contributed by atoms with Gasteiger partial charge in [-0.2, -0.15) is 0 Å². The Morgan fingerprint density at radius 1 is 0.815 bits per heavy atom. The fraction of sp³-hybridized carbons (Fsp3) is 0. The standard InChI is InChI=1S/C21H13Cl2NO3/c22-15-7-9-19(16(23)11-15)26-20-8-6-14(10-18(20)25)17-12-21(27-24-17)13-4-2-1-3-5-13/h1-12,25H. The average molecular weight is 398 g/mol. The van der Waals surface area contributed by atoms with Gasteiger partial charge >= 0.3 is 0 Å². The lowest BCUT2D eigenvalue weighted by Gasteiger charge is -2.10. The van der Waals surface area contributed by atoms with Gasteiger partial charge in [0, 0.05) is 22.2 Å². The van der Waals surface area contributed by atoms with E-state index in [1.165, 1.54) is 0 Å². The molecule has 0 saturated heterocycles. The van der Waals surface area contributed by atoms with Crippen LogP contribution in [0.4, 0.5) is 0 Å². The summed E-state index contributed by atoms with van der Waals surface area (Å²) in [5, 5.41) is 15.3. The Morgan fingerprint density at radius 3 is 2.33 bits per heavy atom. The number of nitrogens with zero attached hydrogens (tertiary/aromatic N) is 1.